The molecule has 92 valence electrons. The van der Waals surface area contributed by atoms with E-state index in [1.54, 1.807) is 0 Å². The van der Waals surface area contributed by atoms with E-state index in [1.165, 1.54) is 36.4 Å². The van der Waals surface area contributed by atoms with Gasteiger partial charge in [-0.1, -0.05) is 0 Å². The molecule has 5 heteroatoms. The van der Waals surface area contributed by atoms with E-state index in [-0.39, 0.29) is 28.6 Å². The van der Waals surface area contributed by atoms with Gasteiger partial charge >= 0.3 is 0 Å². The molecule has 0 aliphatic carbocycles. The van der Waals surface area contributed by atoms with Crippen LogP contribution in [0.4, 0.5) is 0 Å². The van der Waals surface area contributed by atoms with Gasteiger partial charge < -0.3 is 15.3 Å². The Morgan fingerprint density at radius 2 is 1.67 bits per heavy atom. The van der Waals surface area contributed by atoms with Crippen LogP contribution in [0.15, 0.2) is 40.9 Å². The molecular formula is C13H9BrO4. The van der Waals surface area contributed by atoms with Gasteiger partial charge in [-0.2, -0.15) is 0 Å². The first-order chi connectivity index (χ1) is 8.49. The predicted octanol–water partition coefficient (Wildman–Crippen LogP) is 2.80. The molecule has 2 rings (SSSR count). The third-order valence-electron chi connectivity index (χ3n) is 2.43. The Morgan fingerprint density at radius 3 is 2.28 bits per heavy atom. The Kier molecular flexibility index (Phi) is 3.25. The summed E-state index contributed by atoms with van der Waals surface area (Å²) in [7, 11) is 0. The van der Waals surface area contributed by atoms with Gasteiger partial charge in [0, 0.05) is 15.6 Å². The molecule has 0 aromatic heterocycles. The highest BCUT2D eigenvalue weighted by Crippen LogP contribution is 2.28. The minimum atomic E-state index is -0.351. The molecular weight excluding hydrogens is 300 g/mol. The van der Waals surface area contributed by atoms with Crippen molar-refractivity contribution in [2.75, 3.05) is 0 Å². The van der Waals surface area contributed by atoms with Crippen molar-refractivity contribution in [1.82, 2.24) is 0 Å². The topological polar surface area (TPSA) is 77.8 Å². The number of hydrogen-bond acceptors (Lipinski definition) is 4. The molecule has 0 aliphatic rings. The molecule has 0 radical (unpaired) electrons. The van der Waals surface area contributed by atoms with E-state index in [4.69, 9.17) is 0 Å². The average molecular weight is 309 g/mol. The van der Waals surface area contributed by atoms with Crippen LogP contribution in [0.2, 0.25) is 0 Å². The second-order valence-electron chi connectivity index (χ2n) is 3.70. The Balaban J connectivity index is 2.44. The third-order valence-corrected chi connectivity index (χ3v) is 3.09. The van der Waals surface area contributed by atoms with Crippen LogP contribution in [0.1, 0.15) is 15.9 Å². The summed E-state index contributed by atoms with van der Waals surface area (Å²) < 4.78 is 0.458. The number of halogens is 1. The first kappa shape index (κ1) is 12.4. The summed E-state index contributed by atoms with van der Waals surface area (Å²) >= 11 is 3.19. The number of hydrogen-bond donors (Lipinski definition) is 3. The van der Waals surface area contributed by atoms with Crippen molar-refractivity contribution < 1.29 is 20.1 Å². The van der Waals surface area contributed by atoms with E-state index >= 15 is 0 Å². The Labute approximate surface area is 111 Å². The van der Waals surface area contributed by atoms with Crippen molar-refractivity contribution in [3.8, 4) is 17.2 Å². The molecule has 0 spiro atoms. The van der Waals surface area contributed by atoms with Gasteiger partial charge in [-0.25, -0.2) is 0 Å². The summed E-state index contributed by atoms with van der Waals surface area (Å²) in [5, 5.41) is 27.8. The number of benzene rings is 2. The maximum Gasteiger partial charge on any atom is 0.194 e. The van der Waals surface area contributed by atoms with Crippen molar-refractivity contribution in [3.63, 3.8) is 0 Å². The molecule has 4 nitrogen and oxygen atoms in total. The fourth-order valence-corrected chi connectivity index (χ4v) is 2.06. The van der Waals surface area contributed by atoms with Crippen LogP contribution < -0.4 is 0 Å². The number of carbonyl (C=O) groups excluding carboxylic acids is 1. The van der Waals surface area contributed by atoms with Crippen LogP contribution in [0, 0.1) is 0 Å². The van der Waals surface area contributed by atoms with E-state index in [2.05, 4.69) is 15.9 Å². The SMILES string of the molecule is O=C(c1ccc(O)c(O)c1)c1ccc(O)cc1Br. The molecule has 0 saturated carbocycles. The van der Waals surface area contributed by atoms with Crippen molar-refractivity contribution in [3.05, 3.63) is 52.0 Å². The van der Waals surface area contributed by atoms with Crippen LogP contribution in [0.5, 0.6) is 17.2 Å². The van der Waals surface area contributed by atoms with E-state index < -0.39 is 0 Å². The lowest BCUT2D eigenvalue weighted by Gasteiger charge is -2.05. The van der Waals surface area contributed by atoms with Crippen molar-refractivity contribution in [2.45, 2.75) is 0 Å². The van der Waals surface area contributed by atoms with Gasteiger partial charge in [0.05, 0.1) is 0 Å². The monoisotopic (exact) mass is 308 g/mol. The standard InChI is InChI=1S/C13H9BrO4/c14-10-6-8(15)2-3-9(10)13(18)7-1-4-11(16)12(17)5-7/h1-6,15-17H. The molecule has 2 aromatic carbocycles. The van der Waals surface area contributed by atoms with Crippen LogP contribution in [0.3, 0.4) is 0 Å². The summed E-state index contributed by atoms with van der Waals surface area (Å²) in [6.45, 7) is 0. The highest BCUT2D eigenvalue weighted by molar-refractivity contribution is 9.10. The van der Waals surface area contributed by atoms with Crippen molar-refractivity contribution >= 4 is 21.7 Å². The van der Waals surface area contributed by atoms with Gasteiger partial charge in [0.25, 0.3) is 0 Å². The van der Waals surface area contributed by atoms with Crippen LogP contribution in [0.25, 0.3) is 0 Å². The smallest absolute Gasteiger partial charge is 0.194 e. The van der Waals surface area contributed by atoms with Crippen LogP contribution >= 0.6 is 15.9 Å². The molecule has 0 bridgehead atoms. The van der Waals surface area contributed by atoms with Gasteiger partial charge in [0.2, 0.25) is 0 Å². The molecule has 18 heavy (non-hydrogen) atoms. The maximum absolute atomic E-state index is 12.1. The number of carbonyl (C=O) groups is 1. The summed E-state index contributed by atoms with van der Waals surface area (Å²) in [4.78, 5) is 12.1. The third kappa shape index (κ3) is 2.31. The lowest BCUT2D eigenvalue weighted by atomic mass is 10.0. The zero-order valence-corrected chi connectivity index (χ0v) is 10.7. The van der Waals surface area contributed by atoms with Gasteiger partial charge in [0.15, 0.2) is 17.3 Å². The van der Waals surface area contributed by atoms with Gasteiger partial charge in [-0.15, -0.1) is 0 Å². The van der Waals surface area contributed by atoms with Crippen LogP contribution in [-0.4, -0.2) is 21.1 Å². The Morgan fingerprint density at radius 1 is 0.944 bits per heavy atom. The highest BCUT2D eigenvalue weighted by Gasteiger charge is 2.14. The molecule has 0 amide bonds. The van der Waals surface area contributed by atoms with Gasteiger partial charge in [0.1, 0.15) is 5.75 Å². The number of rotatable bonds is 2. The zero-order chi connectivity index (χ0) is 13.3. The summed E-state index contributed by atoms with van der Waals surface area (Å²) in [5.41, 5.74) is 0.606. The molecule has 0 fully saturated rings. The number of phenols is 3. The first-order valence-electron chi connectivity index (χ1n) is 5.04. The number of phenolic OH excluding ortho intramolecular Hbond substituents is 3. The minimum absolute atomic E-state index is 0.0481. The van der Waals surface area contributed by atoms with E-state index in [0.717, 1.165) is 0 Å². The van der Waals surface area contributed by atoms with Gasteiger partial charge in [-0.3, -0.25) is 4.79 Å². The maximum atomic E-state index is 12.1. The molecule has 2 aromatic rings. The normalized spacial score (nSPS) is 10.3. The lowest BCUT2D eigenvalue weighted by molar-refractivity contribution is 0.103. The number of aromatic hydroxyl groups is 3. The minimum Gasteiger partial charge on any atom is -0.508 e. The van der Waals surface area contributed by atoms with Crippen molar-refractivity contribution in [2.24, 2.45) is 0 Å². The second kappa shape index (κ2) is 4.70. The zero-order valence-electron chi connectivity index (χ0n) is 9.09. The Hall–Kier alpha value is -2.01. The van der Waals surface area contributed by atoms with E-state index in [1.807, 2.05) is 0 Å². The van der Waals surface area contributed by atoms with E-state index in [0.29, 0.717) is 10.0 Å². The fourth-order valence-electron chi connectivity index (χ4n) is 1.51. The van der Waals surface area contributed by atoms with Gasteiger partial charge in [-0.05, 0) is 52.3 Å². The summed E-state index contributed by atoms with van der Waals surface area (Å²) in [6, 6.07) is 8.14. The first-order valence-corrected chi connectivity index (χ1v) is 5.83. The predicted molar refractivity (Wildman–Crippen MR) is 69.0 cm³/mol. The lowest BCUT2D eigenvalue weighted by Crippen LogP contribution is -2.01. The molecule has 0 saturated heterocycles. The molecule has 0 atom stereocenters. The molecule has 0 aliphatic heterocycles. The number of ketones is 1. The molecule has 3 N–H and O–H groups in total. The second-order valence-corrected chi connectivity index (χ2v) is 4.55. The fraction of sp³-hybridized carbons (Fsp3) is 0. The quantitative estimate of drug-likeness (QED) is 0.589. The van der Waals surface area contributed by atoms with Crippen LogP contribution in [-0.2, 0) is 0 Å². The highest BCUT2D eigenvalue weighted by atomic mass is 79.9. The summed E-state index contributed by atoms with van der Waals surface area (Å²) in [5.74, 6) is -0.906. The van der Waals surface area contributed by atoms with E-state index in [9.17, 15) is 20.1 Å². The summed E-state index contributed by atoms with van der Waals surface area (Å²) in [6.07, 6.45) is 0. The molecule has 0 heterocycles. The van der Waals surface area contributed by atoms with Crippen molar-refractivity contribution in [1.29, 1.82) is 0 Å². The Bertz CT molecular complexity index is 622. The average Bonchev–Trinajstić information content (AvgIpc) is 2.32. The molecule has 0 unspecified atom stereocenters. The largest absolute Gasteiger partial charge is 0.508 e.